The van der Waals surface area contributed by atoms with Gasteiger partial charge in [-0.2, -0.15) is 0 Å². The van der Waals surface area contributed by atoms with E-state index in [1.807, 2.05) is 42.5 Å². The van der Waals surface area contributed by atoms with Crippen LogP contribution in [0.4, 0.5) is 0 Å². The number of benzene rings is 1. The molecular formula is C16H23O5PS. The average Bonchev–Trinajstić information content (AvgIpc) is 3.02. The predicted octanol–water partition coefficient (Wildman–Crippen LogP) is 3.73. The third-order valence-electron chi connectivity index (χ3n) is 3.38. The Hall–Kier alpha value is -0.780. The third-order valence-corrected chi connectivity index (χ3v) is 6.84. The molecule has 0 heterocycles. The molecule has 3 atom stereocenters. The summed E-state index contributed by atoms with van der Waals surface area (Å²) in [6, 6.07) is 9.29. The van der Waals surface area contributed by atoms with Gasteiger partial charge in [0.15, 0.2) is 0 Å². The summed E-state index contributed by atoms with van der Waals surface area (Å²) in [6.07, 6.45) is 4.08. The van der Waals surface area contributed by atoms with Gasteiger partial charge in [-0.15, -0.1) is 0 Å². The highest BCUT2D eigenvalue weighted by Gasteiger charge is 2.33. The summed E-state index contributed by atoms with van der Waals surface area (Å²) in [4.78, 5) is 0.760. The molecule has 1 aromatic carbocycles. The van der Waals surface area contributed by atoms with Gasteiger partial charge in [0.1, 0.15) is 6.35 Å². The van der Waals surface area contributed by atoms with E-state index in [2.05, 4.69) is 0 Å². The van der Waals surface area contributed by atoms with Crippen molar-refractivity contribution < 1.29 is 22.6 Å². The lowest BCUT2D eigenvalue weighted by atomic mass is 10.3. The predicted molar refractivity (Wildman–Crippen MR) is 91.0 cm³/mol. The van der Waals surface area contributed by atoms with Gasteiger partial charge in [0.2, 0.25) is 0 Å². The van der Waals surface area contributed by atoms with Crippen molar-refractivity contribution in [3.8, 4) is 0 Å². The maximum absolute atomic E-state index is 12.7. The Labute approximate surface area is 140 Å². The Morgan fingerprint density at radius 1 is 1.17 bits per heavy atom. The quantitative estimate of drug-likeness (QED) is 0.497. The van der Waals surface area contributed by atoms with E-state index < -0.39 is 18.4 Å². The van der Waals surface area contributed by atoms with Gasteiger partial charge in [-0.3, -0.25) is 8.77 Å². The molecule has 1 aromatic rings. The molecule has 0 aromatic heterocycles. The lowest BCUT2D eigenvalue weighted by molar-refractivity contribution is 0.0764. The van der Waals surface area contributed by atoms with E-state index in [0.717, 1.165) is 4.90 Å². The van der Waals surface area contributed by atoms with Crippen LogP contribution in [0.5, 0.6) is 0 Å². The zero-order valence-electron chi connectivity index (χ0n) is 13.4. The van der Waals surface area contributed by atoms with Crippen LogP contribution in [0.25, 0.3) is 0 Å². The highest BCUT2D eigenvalue weighted by molar-refractivity contribution is 7.86. The minimum Gasteiger partial charge on any atom is -0.364 e. The summed E-state index contributed by atoms with van der Waals surface area (Å²) < 4.78 is 41.3. The smallest absolute Gasteiger partial charge is 0.356 e. The van der Waals surface area contributed by atoms with Crippen LogP contribution in [0.15, 0.2) is 47.4 Å². The Balaban J connectivity index is 2.00. The molecule has 0 fully saturated rings. The van der Waals surface area contributed by atoms with Gasteiger partial charge in [-0.1, -0.05) is 30.4 Å². The molecule has 7 heteroatoms. The summed E-state index contributed by atoms with van der Waals surface area (Å²) in [5.74, 6) is 0. The zero-order chi connectivity index (χ0) is 16.7. The minimum atomic E-state index is -3.25. The van der Waals surface area contributed by atoms with E-state index in [4.69, 9.17) is 13.8 Å². The third kappa shape index (κ3) is 5.10. The molecule has 1 aliphatic carbocycles. The van der Waals surface area contributed by atoms with Crippen molar-refractivity contribution in [2.45, 2.75) is 36.5 Å². The molecule has 128 valence electrons. The summed E-state index contributed by atoms with van der Waals surface area (Å²) >= 11 is 0. The molecule has 0 saturated carbocycles. The Morgan fingerprint density at radius 3 is 2.43 bits per heavy atom. The van der Waals surface area contributed by atoms with Crippen LogP contribution >= 0.6 is 7.60 Å². The highest BCUT2D eigenvalue weighted by Crippen LogP contribution is 2.48. The van der Waals surface area contributed by atoms with Gasteiger partial charge in [-0.05, 0) is 32.4 Å². The molecule has 0 spiro atoms. The van der Waals surface area contributed by atoms with Gasteiger partial charge in [-0.25, -0.2) is 0 Å². The minimum absolute atomic E-state index is 0.122. The second kappa shape index (κ2) is 8.90. The van der Waals surface area contributed by atoms with Crippen molar-refractivity contribution in [2.75, 3.05) is 19.6 Å². The number of ether oxygens (including phenoxy) is 1. The van der Waals surface area contributed by atoms with Crippen molar-refractivity contribution in [1.29, 1.82) is 0 Å². The topological polar surface area (TPSA) is 61.8 Å². The Kier molecular flexibility index (Phi) is 7.18. The molecule has 0 aliphatic heterocycles. The van der Waals surface area contributed by atoms with Crippen molar-refractivity contribution >= 4 is 18.4 Å². The molecule has 0 N–H and O–H groups in total. The van der Waals surface area contributed by atoms with E-state index in [9.17, 15) is 8.77 Å². The van der Waals surface area contributed by atoms with Crippen LogP contribution < -0.4 is 0 Å². The standard InChI is InChI=1S/C16H23O5PS/c1-3-20-22(17,21-4-2)13-19-15-11-8-12-16(15)23(18)14-9-6-5-7-10-14/h5-10,12,15-16H,3-4,11,13H2,1-2H3/t15-,16-,23?/m1/s1. The molecule has 23 heavy (non-hydrogen) atoms. The van der Waals surface area contributed by atoms with Crippen molar-refractivity contribution in [3.63, 3.8) is 0 Å². The average molecular weight is 358 g/mol. The molecule has 0 bridgehead atoms. The van der Waals surface area contributed by atoms with E-state index in [0.29, 0.717) is 19.6 Å². The first-order valence-electron chi connectivity index (χ1n) is 7.71. The second-order valence-corrected chi connectivity index (χ2v) is 8.63. The van der Waals surface area contributed by atoms with Gasteiger partial charge in [0.25, 0.3) is 0 Å². The first-order chi connectivity index (χ1) is 11.1. The second-order valence-electron chi connectivity index (χ2n) is 5.02. The number of hydrogen-bond acceptors (Lipinski definition) is 5. The van der Waals surface area contributed by atoms with Crippen molar-refractivity contribution in [1.82, 2.24) is 0 Å². The summed E-state index contributed by atoms with van der Waals surface area (Å²) in [6.45, 7) is 4.11. The maximum Gasteiger partial charge on any atom is 0.356 e. The monoisotopic (exact) mass is 358 g/mol. The van der Waals surface area contributed by atoms with Crippen LogP contribution in [0, 0.1) is 0 Å². The van der Waals surface area contributed by atoms with Gasteiger partial charge in [0, 0.05) is 4.90 Å². The van der Waals surface area contributed by atoms with Crippen molar-refractivity contribution in [3.05, 3.63) is 42.5 Å². The van der Waals surface area contributed by atoms with Gasteiger partial charge < -0.3 is 13.8 Å². The highest BCUT2D eigenvalue weighted by atomic mass is 32.2. The molecule has 0 amide bonds. The Bertz CT molecular complexity index is 579. The number of hydrogen-bond donors (Lipinski definition) is 0. The van der Waals surface area contributed by atoms with Crippen LogP contribution in [0.1, 0.15) is 20.3 Å². The summed E-state index contributed by atoms with van der Waals surface area (Å²) in [5.41, 5.74) is 0. The molecule has 5 nitrogen and oxygen atoms in total. The first-order valence-corrected chi connectivity index (χ1v) is 10.7. The van der Waals surface area contributed by atoms with Crippen LogP contribution in [0.3, 0.4) is 0 Å². The normalized spacial score (nSPS) is 22.3. The van der Waals surface area contributed by atoms with E-state index in [1.54, 1.807) is 13.8 Å². The van der Waals surface area contributed by atoms with Crippen LogP contribution in [0.2, 0.25) is 0 Å². The summed E-state index contributed by atoms with van der Waals surface area (Å²) in [5, 5.41) is -0.255. The lowest BCUT2D eigenvalue weighted by Gasteiger charge is -2.23. The van der Waals surface area contributed by atoms with Gasteiger partial charge >= 0.3 is 7.60 Å². The molecule has 1 unspecified atom stereocenters. The largest absolute Gasteiger partial charge is 0.364 e. The molecule has 0 saturated heterocycles. The fourth-order valence-electron chi connectivity index (χ4n) is 2.38. The van der Waals surface area contributed by atoms with E-state index in [-0.39, 0.29) is 17.7 Å². The molecule has 2 rings (SSSR count). The van der Waals surface area contributed by atoms with Crippen LogP contribution in [-0.4, -0.2) is 35.1 Å². The molecular weight excluding hydrogens is 335 g/mol. The lowest BCUT2D eigenvalue weighted by Crippen LogP contribution is -2.28. The Morgan fingerprint density at radius 2 is 1.83 bits per heavy atom. The maximum atomic E-state index is 12.7. The first kappa shape index (κ1) is 18.6. The summed E-state index contributed by atoms with van der Waals surface area (Å²) in [7, 11) is -4.46. The SMILES string of the molecule is CCOP(=O)(CO[C@@H]1CC=C[C@H]1S(=O)c1ccccc1)OCC. The zero-order valence-corrected chi connectivity index (χ0v) is 15.1. The fourth-order valence-corrected chi connectivity index (χ4v) is 5.22. The molecule has 1 aliphatic rings. The van der Waals surface area contributed by atoms with Crippen LogP contribution in [-0.2, 0) is 29.1 Å². The van der Waals surface area contributed by atoms with Crippen molar-refractivity contribution in [2.24, 2.45) is 0 Å². The molecule has 0 radical (unpaired) electrons. The van der Waals surface area contributed by atoms with Gasteiger partial charge in [0.05, 0.1) is 35.4 Å². The van der Waals surface area contributed by atoms with E-state index >= 15 is 0 Å². The van der Waals surface area contributed by atoms with E-state index in [1.165, 1.54) is 0 Å². The number of rotatable bonds is 9. The fraction of sp³-hybridized carbons (Fsp3) is 0.500.